The van der Waals surface area contributed by atoms with Crippen molar-refractivity contribution in [1.82, 2.24) is 4.90 Å². The molecule has 0 saturated carbocycles. The van der Waals surface area contributed by atoms with E-state index in [2.05, 4.69) is 40.5 Å². The summed E-state index contributed by atoms with van der Waals surface area (Å²) in [4.78, 5) is 2.35. The molecule has 1 N–H and O–H groups in total. The van der Waals surface area contributed by atoms with Crippen LogP contribution in [0.5, 0.6) is 0 Å². The summed E-state index contributed by atoms with van der Waals surface area (Å²) >= 11 is 6.20. The van der Waals surface area contributed by atoms with E-state index in [4.69, 9.17) is 11.6 Å². The summed E-state index contributed by atoms with van der Waals surface area (Å²) in [6.45, 7) is 2.71. The zero-order chi connectivity index (χ0) is 12.4. The van der Waals surface area contributed by atoms with Gasteiger partial charge in [-0.3, -0.25) is 4.90 Å². The summed E-state index contributed by atoms with van der Waals surface area (Å²) in [5.74, 6) is 0. The molecule has 0 aromatic heterocycles. The minimum absolute atomic E-state index is 0.844. The number of rotatable bonds is 2. The number of halogens is 1. The fraction of sp³-hybridized carbons (Fsp3) is 0.200. The van der Waals surface area contributed by atoms with Crippen LogP contribution in [-0.4, -0.2) is 11.6 Å². The summed E-state index contributed by atoms with van der Waals surface area (Å²) in [5, 5.41) is 4.28. The van der Waals surface area contributed by atoms with Crippen LogP contribution in [0.15, 0.2) is 48.5 Å². The summed E-state index contributed by atoms with van der Waals surface area (Å²) in [5.41, 5.74) is 3.77. The Morgan fingerprint density at radius 3 is 2.72 bits per heavy atom. The van der Waals surface area contributed by atoms with Crippen molar-refractivity contribution in [2.45, 2.75) is 13.1 Å². The lowest BCUT2D eigenvalue weighted by Gasteiger charge is -2.30. The van der Waals surface area contributed by atoms with E-state index in [1.807, 2.05) is 18.2 Å². The number of fused-ring (bicyclic) bond motifs is 1. The normalized spacial score (nSPS) is 14.9. The van der Waals surface area contributed by atoms with Crippen LogP contribution in [0.3, 0.4) is 0 Å². The van der Waals surface area contributed by atoms with Gasteiger partial charge in [0.05, 0.1) is 6.67 Å². The quantitative estimate of drug-likeness (QED) is 0.883. The van der Waals surface area contributed by atoms with Crippen molar-refractivity contribution >= 4 is 17.3 Å². The fourth-order valence-corrected chi connectivity index (χ4v) is 2.50. The number of anilines is 1. The minimum atomic E-state index is 0.844. The van der Waals surface area contributed by atoms with Gasteiger partial charge < -0.3 is 5.32 Å². The molecule has 2 aromatic rings. The molecule has 0 radical (unpaired) electrons. The highest BCUT2D eigenvalue weighted by Gasteiger charge is 2.15. The first-order valence-electron chi connectivity index (χ1n) is 6.10. The number of nitrogens with zero attached hydrogens (tertiary/aromatic N) is 1. The van der Waals surface area contributed by atoms with Crippen molar-refractivity contribution < 1.29 is 0 Å². The number of nitrogens with one attached hydrogen (secondary N) is 1. The molecule has 0 unspecified atom stereocenters. The van der Waals surface area contributed by atoms with E-state index in [1.54, 1.807) is 0 Å². The summed E-state index contributed by atoms with van der Waals surface area (Å²) in [6.07, 6.45) is 0. The van der Waals surface area contributed by atoms with E-state index in [0.717, 1.165) is 24.8 Å². The lowest BCUT2D eigenvalue weighted by molar-refractivity contribution is 0.267. The third-order valence-corrected chi connectivity index (χ3v) is 3.62. The molecule has 0 spiro atoms. The third kappa shape index (κ3) is 2.35. The van der Waals surface area contributed by atoms with E-state index in [9.17, 15) is 0 Å². The zero-order valence-corrected chi connectivity index (χ0v) is 10.8. The number of hydrogen-bond donors (Lipinski definition) is 1. The molecular formula is C15H15ClN2. The Morgan fingerprint density at radius 2 is 1.83 bits per heavy atom. The highest BCUT2D eigenvalue weighted by molar-refractivity contribution is 6.31. The van der Waals surface area contributed by atoms with Crippen molar-refractivity contribution in [3.8, 4) is 0 Å². The molecule has 18 heavy (non-hydrogen) atoms. The first kappa shape index (κ1) is 11.6. The predicted octanol–water partition coefficient (Wildman–Crippen LogP) is 3.73. The minimum Gasteiger partial charge on any atom is -0.372 e. The van der Waals surface area contributed by atoms with Crippen LogP contribution in [-0.2, 0) is 13.1 Å². The number of benzene rings is 2. The van der Waals surface area contributed by atoms with Gasteiger partial charge in [-0.25, -0.2) is 0 Å². The monoisotopic (exact) mass is 258 g/mol. The van der Waals surface area contributed by atoms with Crippen molar-refractivity contribution in [3.63, 3.8) is 0 Å². The maximum Gasteiger partial charge on any atom is 0.0684 e. The van der Waals surface area contributed by atoms with Crippen molar-refractivity contribution in [1.29, 1.82) is 0 Å². The second kappa shape index (κ2) is 5.01. The molecule has 0 saturated heterocycles. The maximum absolute atomic E-state index is 6.20. The first-order valence-corrected chi connectivity index (χ1v) is 6.48. The van der Waals surface area contributed by atoms with Gasteiger partial charge in [0.25, 0.3) is 0 Å². The van der Waals surface area contributed by atoms with Gasteiger partial charge in [0, 0.05) is 23.8 Å². The molecule has 0 amide bonds. The van der Waals surface area contributed by atoms with E-state index in [-0.39, 0.29) is 0 Å². The average molecular weight is 259 g/mol. The predicted molar refractivity (Wildman–Crippen MR) is 75.6 cm³/mol. The molecule has 1 aliphatic heterocycles. The summed E-state index contributed by atoms with van der Waals surface area (Å²) in [7, 11) is 0. The van der Waals surface area contributed by atoms with E-state index >= 15 is 0 Å². The van der Waals surface area contributed by atoms with Crippen LogP contribution < -0.4 is 5.32 Å². The van der Waals surface area contributed by atoms with Crippen LogP contribution in [0, 0.1) is 0 Å². The molecular weight excluding hydrogens is 244 g/mol. The zero-order valence-electron chi connectivity index (χ0n) is 10.1. The topological polar surface area (TPSA) is 15.3 Å². The van der Waals surface area contributed by atoms with Crippen LogP contribution >= 0.6 is 11.6 Å². The second-order valence-electron chi connectivity index (χ2n) is 4.57. The number of hydrogen-bond acceptors (Lipinski definition) is 2. The van der Waals surface area contributed by atoms with Gasteiger partial charge in [0.1, 0.15) is 0 Å². The van der Waals surface area contributed by atoms with Gasteiger partial charge in [0.2, 0.25) is 0 Å². The van der Waals surface area contributed by atoms with Crippen molar-refractivity contribution in [2.75, 3.05) is 12.0 Å². The van der Waals surface area contributed by atoms with E-state index in [0.29, 0.717) is 0 Å². The van der Waals surface area contributed by atoms with Gasteiger partial charge in [0.15, 0.2) is 0 Å². The number of para-hydroxylation sites is 1. The standard InChI is InChI=1S/C15H15ClN2/c16-14-7-3-1-5-12(14)9-18-10-13-6-2-4-8-15(13)17-11-18/h1-8,17H,9-11H2. The Labute approximate surface area is 112 Å². The molecule has 2 aromatic carbocycles. The van der Waals surface area contributed by atoms with E-state index in [1.165, 1.54) is 16.8 Å². The van der Waals surface area contributed by atoms with Crippen LogP contribution in [0.25, 0.3) is 0 Å². The highest BCUT2D eigenvalue weighted by atomic mass is 35.5. The molecule has 3 rings (SSSR count). The van der Waals surface area contributed by atoms with Gasteiger partial charge in [-0.05, 0) is 23.3 Å². The summed E-state index contributed by atoms with van der Waals surface area (Å²) in [6, 6.07) is 16.5. The molecule has 1 heterocycles. The Kier molecular flexibility index (Phi) is 3.22. The van der Waals surface area contributed by atoms with Gasteiger partial charge >= 0.3 is 0 Å². The fourth-order valence-electron chi connectivity index (χ4n) is 2.30. The van der Waals surface area contributed by atoms with Gasteiger partial charge in [-0.2, -0.15) is 0 Å². The molecule has 0 aliphatic carbocycles. The first-order chi connectivity index (χ1) is 8.83. The Balaban J connectivity index is 1.75. The summed E-state index contributed by atoms with van der Waals surface area (Å²) < 4.78 is 0. The molecule has 92 valence electrons. The van der Waals surface area contributed by atoms with Crippen LogP contribution in [0.4, 0.5) is 5.69 Å². The average Bonchev–Trinajstić information content (AvgIpc) is 2.41. The SMILES string of the molecule is Clc1ccccc1CN1CNc2ccccc2C1. The van der Waals surface area contributed by atoms with Gasteiger partial charge in [-0.15, -0.1) is 0 Å². The lowest BCUT2D eigenvalue weighted by Crippen LogP contribution is -2.33. The smallest absolute Gasteiger partial charge is 0.0684 e. The lowest BCUT2D eigenvalue weighted by atomic mass is 10.1. The molecule has 0 fully saturated rings. The molecule has 1 aliphatic rings. The van der Waals surface area contributed by atoms with E-state index < -0.39 is 0 Å². The Morgan fingerprint density at radius 1 is 1.06 bits per heavy atom. The third-order valence-electron chi connectivity index (χ3n) is 3.26. The second-order valence-corrected chi connectivity index (χ2v) is 4.98. The van der Waals surface area contributed by atoms with Crippen LogP contribution in [0.2, 0.25) is 5.02 Å². The van der Waals surface area contributed by atoms with Crippen molar-refractivity contribution in [2.24, 2.45) is 0 Å². The molecule has 3 heteroatoms. The highest BCUT2D eigenvalue weighted by Crippen LogP contribution is 2.24. The molecule has 0 atom stereocenters. The van der Waals surface area contributed by atoms with Crippen molar-refractivity contribution in [3.05, 3.63) is 64.7 Å². The Bertz CT molecular complexity index is 554. The maximum atomic E-state index is 6.20. The molecule has 2 nitrogen and oxygen atoms in total. The Hall–Kier alpha value is -1.51. The van der Waals surface area contributed by atoms with Crippen LogP contribution in [0.1, 0.15) is 11.1 Å². The largest absolute Gasteiger partial charge is 0.372 e. The molecule has 0 bridgehead atoms. The van der Waals surface area contributed by atoms with Gasteiger partial charge in [-0.1, -0.05) is 48.0 Å².